The zero-order valence-electron chi connectivity index (χ0n) is 11.5. The molecule has 0 bridgehead atoms. The Balaban J connectivity index is 1.87. The summed E-state index contributed by atoms with van der Waals surface area (Å²) in [5, 5.41) is 9.53. The summed E-state index contributed by atoms with van der Waals surface area (Å²) in [4.78, 5) is 18.2. The van der Waals surface area contributed by atoms with Gasteiger partial charge < -0.3 is 14.6 Å². The van der Waals surface area contributed by atoms with Crippen LogP contribution in [0.3, 0.4) is 0 Å². The second kappa shape index (κ2) is 6.70. The van der Waals surface area contributed by atoms with Crippen molar-refractivity contribution in [1.82, 2.24) is 14.5 Å². The number of rotatable bonds is 5. The van der Waals surface area contributed by atoms with Crippen molar-refractivity contribution < 1.29 is 9.90 Å². The molecule has 1 aromatic rings. The summed E-state index contributed by atoms with van der Waals surface area (Å²) >= 11 is 0. The minimum Gasteiger partial charge on any atom is -0.393 e. The van der Waals surface area contributed by atoms with Crippen LogP contribution in [0, 0.1) is 0 Å². The van der Waals surface area contributed by atoms with Crippen LogP contribution in [0.25, 0.3) is 0 Å². The number of aliphatic hydroxyl groups excluding tert-OH is 1. The van der Waals surface area contributed by atoms with Crippen LogP contribution in [0.1, 0.15) is 39.0 Å². The predicted octanol–water partition coefficient (Wildman–Crippen LogP) is 1.43. The van der Waals surface area contributed by atoms with Gasteiger partial charge in [-0.1, -0.05) is 0 Å². The highest BCUT2D eigenvalue weighted by atomic mass is 16.3. The first-order chi connectivity index (χ1) is 9.16. The number of nitrogens with zero attached hydrogens (tertiary/aromatic N) is 3. The number of likely N-dealkylation sites (tertiary alicyclic amines) is 1. The molecule has 1 saturated heterocycles. The maximum Gasteiger partial charge on any atom is 0.224 e. The lowest BCUT2D eigenvalue weighted by Crippen LogP contribution is -2.45. The molecule has 106 valence electrons. The molecular weight excluding hydrogens is 242 g/mol. The Hall–Kier alpha value is -1.36. The lowest BCUT2D eigenvalue weighted by atomic mass is 9.97. The first kappa shape index (κ1) is 14.1. The molecule has 1 N–H and O–H groups in total. The Morgan fingerprint density at radius 3 is 3.05 bits per heavy atom. The van der Waals surface area contributed by atoms with E-state index in [1.165, 1.54) is 0 Å². The quantitative estimate of drug-likeness (QED) is 0.876. The summed E-state index contributed by atoms with van der Waals surface area (Å²) in [5.74, 6) is 0.194. The van der Waals surface area contributed by atoms with Crippen molar-refractivity contribution in [1.29, 1.82) is 0 Å². The van der Waals surface area contributed by atoms with Gasteiger partial charge in [0, 0.05) is 37.9 Å². The number of hydrogen-bond donors (Lipinski definition) is 1. The maximum absolute atomic E-state index is 12.3. The zero-order chi connectivity index (χ0) is 13.7. The van der Waals surface area contributed by atoms with E-state index in [0.717, 1.165) is 25.8 Å². The van der Waals surface area contributed by atoms with Crippen molar-refractivity contribution in [2.45, 2.75) is 57.7 Å². The predicted molar refractivity (Wildman–Crippen MR) is 72.5 cm³/mol. The zero-order valence-corrected chi connectivity index (χ0v) is 11.5. The van der Waals surface area contributed by atoms with Gasteiger partial charge in [0.05, 0.1) is 12.4 Å². The van der Waals surface area contributed by atoms with Crippen LogP contribution in [-0.2, 0) is 11.3 Å². The number of piperidine rings is 1. The summed E-state index contributed by atoms with van der Waals surface area (Å²) in [7, 11) is 0. The fourth-order valence-corrected chi connectivity index (χ4v) is 2.76. The van der Waals surface area contributed by atoms with Crippen LogP contribution in [0.4, 0.5) is 0 Å². The largest absolute Gasteiger partial charge is 0.393 e. The van der Waals surface area contributed by atoms with Crippen LogP contribution in [0.15, 0.2) is 18.7 Å². The van der Waals surface area contributed by atoms with Gasteiger partial charge in [0.2, 0.25) is 5.91 Å². The molecule has 5 nitrogen and oxygen atoms in total. The number of aryl methyl sites for hydroxylation is 1. The second-order valence-corrected chi connectivity index (χ2v) is 5.37. The molecule has 0 aliphatic carbocycles. The average molecular weight is 265 g/mol. The van der Waals surface area contributed by atoms with E-state index >= 15 is 0 Å². The van der Waals surface area contributed by atoms with E-state index in [1.54, 1.807) is 19.4 Å². The van der Waals surface area contributed by atoms with E-state index in [0.29, 0.717) is 19.4 Å². The van der Waals surface area contributed by atoms with E-state index in [4.69, 9.17) is 0 Å². The van der Waals surface area contributed by atoms with Crippen LogP contribution in [0.5, 0.6) is 0 Å². The second-order valence-electron chi connectivity index (χ2n) is 5.37. The highest BCUT2D eigenvalue weighted by Crippen LogP contribution is 2.21. The van der Waals surface area contributed by atoms with E-state index in [2.05, 4.69) is 4.98 Å². The molecule has 1 aliphatic rings. The van der Waals surface area contributed by atoms with Crippen molar-refractivity contribution in [2.75, 3.05) is 6.54 Å². The molecule has 0 radical (unpaired) electrons. The number of amides is 1. The van der Waals surface area contributed by atoms with Gasteiger partial charge in [-0.25, -0.2) is 4.98 Å². The van der Waals surface area contributed by atoms with Crippen LogP contribution in [-0.4, -0.2) is 44.2 Å². The third-order valence-electron chi connectivity index (χ3n) is 3.70. The number of hydrogen-bond acceptors (Lipinski definition) is 3. The van der Waals surface area contributed by atoms with E-state index in [9.17, 15) is 9.90 Å². The van der Waals surface area contributed by atoms with Crippen LogP contribution < -0.4 is 0 Å². The van der Waals surface area contributed by atoms with E-state index in [-0.39, 0.29) is 18.1 Å². The number of carbonyl (C=O) groups excluding carboxylic acids is 1. The van der Waals surface area contributed by atoms with Gasteiger partial charge in [0.15, 0.2) is 0 Å². The lowest BCUT2D eigenvalue weighted by Gasteiger charge is -2.36. The van der Waals surface area contributed by atoms with Crippen molar-refractivity contribution in [2.24, 2.45) is 0 Å². The van der Waals surface area contributed by atoms with Gasteiger partial charge >= 0.3 is 0 Å². The average Bonchev–Trinajstić information content (AvgIpc) is 2.89. The first-order valence-corrected chi connectivity index (χ1v) is 7.10. The smallest absolute Gasteiger partial charge is 0.224 e. The fourth-order valence-electron chi connectivity index (χ4n) is 2.76. The van der Waals surface area contributed by atoms with Gasteiger partial charge in [0.1, 0.15) is 0 Å². The van der Waals surface area contributed by atoms with Gasteiger partial charge in [-0.3, -0.25) is 4.79 Å². The summed E-state index contributed by atoms with van der Waals surface area (Å²) in [5.41, 5.74) is 0. The molecule has 19 heavy (non-hydrogen) atoms. The van der Waals surface area contributed by atoms with Crippen molar-refractivity contribution in [3.8, 4) is 0 Å². The monoisotopic (exact) mass is 265 g/mol. The topological polar surface area (TPSA) is 58.4 Å². The highest BCUT2D eigenvalue weighted by Gasteiger charge is 2.27. The molecule has 1 amide bonds. The SMILES string of the molecule is CC(O)CC1CCCCN1C(=O)CCn1ccnc1. The Morgan fingerprint density at radius 1 is 1.53 bits per heavy atom. The van der Waals surface area contributed by atoms with Gasteiger partial charge in [-0.2, -0.15) is 0 Å². The molecule has 1 fully saturated rings. The van der Waals surface area contributed by atoms with Crippen molar-refractivity contribution in [3.05, 3.63) is 18.7 Å². The van der Waals surface area contributed by atoms with E-state index < -0.39 is 0 Å². The minimum atomic E-state index is -0.341. The number of aliphatic hydroxyl groups is 1. The first-order valence-electron chi connectivity index (χ1n) is 7.10. The Kier molecular flexibility index (Phi) is 4.96. The van der Waals surface area contributed by atoms with Gasteiger partial charge in [-0.05, 0) is 32.6 Å². The minimum absolute atomic E-state index is 0.194. The van der Waals surface area contributed by atoms with Crippen molar-refractivity contribution in [3.63, 3.8) is 0 Å². The van der Waals surface area contributed by atoms with Gasteiger partial charge in [0.25, 0.3) is 0 Å². The molecule has 2 unspecified atom stereocenters. The standard InChI is InChI=1S/C14H23N3O2/c1-12(18)10-13-4-2-3-7-17(13)14(19)5-8-16-9-6-15-11-16/h6,9,11-13,18H,2-5,7-8,10H2,1H3. The molecule has 1 aromatic heterocycles. The molecule has 5 heteroatoms. The molecule has 2 atom stereocenters. The maximum atomic E-state index is 12.3. The summed E-state index contributed by atoms with van der Waals surface area (Å²) < 4.78 is 1.92. The van der Waals surface area contributed by atoms with Gasteiger partial charge in [-0.15, -0.1) is 0 Å². The molecule has 2 rings (SSSR count). The van der Waals surface area contributed by atoms with E-state index in [1.807, 2.05) is 15.7 Å². The lowest BCUT2D eigenvalue weighted by molar-refractivity contribution is -0.135. The molecule has 0 saturated carbocycles. The fraction of sp³-hybridized carbons (Fsp3) is 0.714. The molecule has 0 spiro atoms. The Morgan fingerprint density at radius 2 is 2.37 bits per heavy atom. The Labute approximate surface area is 114 Å². The molecule has 2 heterocycles. The number of carbonyl (C=O) groups is 1. The molecular formula is C14H23N3O2. The summed E-state index contributed by atoms with van der Waals surface area (Å²) in [6.07, 6.45) is 9.43. The number of aromatic nitrogens is 2. The molecule has 1 aliphatic heterocycles. The Bertz CT molecular complexity index is 389. The van der Waals surface area contributed by atoms with Crippen LogP contribution >= 0.6 is 0 Å². The summed E-state index contributed by atoms with van der Waals surface area (Å²) in [6.45, 7) is 3.31. The highest BCUT2D eigenvalue weighted by molar-refractivity contribution is 5.76. The normalized spacial score (nSPS) is 21.4. The third kappa shape index (κ3) is 4.06. The number of imidazole rings is 1. The van der Waals surface area contributed by atoms with Crippen molar-refractivity contribution >= 4 is 5.91 Å². The van der Waals surface area contributed by atoms with Crippen LogP contribution in [0.2, 0.25) is 0 Å². The third-order valence-corrected chi connectivity index (χ3v) is 3.70. The summed E-state index contributed by atoms with van der Waals surface area (Å²) in [6, 6.07) is 0.212. The molecule has 0 aromatic carbocycles.